The summed E-state index contributed by atoms with van der Waals surface area (Å²) in [5.74, 6) is 0.907. The minimum Gasteiger partial charge on any atom is -0.0880 e. The van der Waals surface area contributed by atoms with Crippen molar-refractivity contribution in [1.82, 2.24) is 0 Å². The van der Waals surface area contributed by atoms with E-state index in [2.05, 4.69) is 25.5 Å². The van der Waals surface area contributed by atoms with Crippen molar-refractivity contribution >= 4 is 0 Å². The molecule has 0 nitrogen and oxygen atoms in total. The highest BCUT2D eigenvalue weighted by atomic mass is 14.1. The van der Waals surface area contributed by atoms with Gasteiger partial charge in [0.15, 0.2) is 0 Å². The molecule has 45 valence electrons. The molecule has 1 rings (SSSR count). The molecular weight excluding hydrogens is 96.1 g/mol. The molecule has 0 saturated carbocycles. The number of hydrogen-bond acceptors (Lipinski definition) is 0. The van der Waals surface area contributed by atoms with Crippen molar-refractivity contribution in [3.63, 3.8) is 0 Å². The Bertz CT molecular complexity index is 82.0. The van der Waals surface area contributed by atoms with E-state index in [0.29, 0.717) is 0 Å². The van der Waals surface area contributed by atoms with Crippen LogP contribution in [0, 0.1) is 12.3 Å². The smallest absolute Gasteiger partial charge is 0.0170 e. The number of allylic oxidation sites excluding steroid dienone is 2. The lowest BCUT2D eigenvalue weighted by atomic mass is 10.0. The average Bonchev–Trinajstić information content (AvgIpc) is 1.94. The quantitative estimate of drug-likeness (QED) is 0.448. The second-order valence-corrected chi connectivity index (χ2v) is 2.58. The fourth-order valence-electron chi connectivity index (χ4n) is 1.00. The lowest BCUT2D eigenvalue weighted by Crippen LogP contribution is -1.88. The topological polar surface area (TPSA) is 0 Å². The summed E-state index contributed by atoms with van der Waals surface area (Å²) in [6.45, 7) is 2.31. The third-order valence-electron chi connectivity index (χ3n) is 1.64. The number of hydrogen-bond donors (Lipinski definition) is 0. The predicted octanol–water partition coefficient (Wildman–Crippen LogP) is 2.57. The third-order valence-corrected chi connectivity index (χ3v) is 1.64. The Morgan fingerprint density at radius 2 is 2.38 bits per heavy atom. The Kier molecular flexibility index (Phi) is 2.13. The highest BCUT2D eigenvalue weighted by Crippen LogP contribution is 2.15. The van der Waals surface area contributed by atoms with Crippen LogP contribution in [0.25, 0.3) is 0 Å². The van der Waals surface area contributed by atoms with Crippen molar-refractivity contribution in [3.05, 3.63) is 18.6 Å². The molecule has 1 atom stereocenters. The third kappa shape index (κ3) is 1.69. The Morgan fingerprint density at radius 1 is 1.50 bits per heavy atom. The maximum atomic E-state index is 2.31. The Morgan fingerprint density at radius 3 is 3.25 bits per heavy atom. The van der Waals surface area contributed by atoms with Gasteiger partial charge in [0.2, 0.25) is 0 Å². The number of rotatable bonds is 0. The summed E-state index contributed by atoms with van der Waals surface area (Å²) < 4.78 is 0. The molecule has 0 bridgehead atoms. The van der Waals surface area contributed by atoms with Gasteiger partial charge in [-0.25, -0.2) is 0 Å². The van der Waals surface area contributed by atoms with E-state index in [-0.39, 0.29) is 0 Å². The summed E-state index contributed by atoms with van der Waals surface area (Å²) in [6, 6.07) is 0. The van der Waals surface area contributed by atoms with Gasteiger partial charge in [-0.15, -0.1) is 0 Å². The van der Waals surface area contributed by atoms with Gasteiger partial charge < -0.3 is 0 Å². The van der Waals surface area contributed by atoms with Crippen molar-refractivity contribution in [2.24, 2.45) is 5.92 Å². The van der Waals surface area contributed by atoms with Gasteiger partial charge in [-0.1, -0.05) is 19.1 Å². The monoisotopic (exact) mass is 109 g/mol. The molecule has 0 spiro atoms. The molecule has 0 amide bonds. The van der Waals surface area contributed by atoms with E-state index in [1.54, 1.807) is 0 Å². The predicted molar refractivity (Wildman–Crippen MR) is 36.5 cm³/mol. The van der Waals surface area contributed by atoms with Gasteiger partial charge in [0.1, 0.15) is 0 Å². The van der Waals surface area contributed by atoms with Crippen LogP contribution in [0.5, 0.6) is 0 Å². The van der Waals surface area contributed by atoms with Crippen molar-refractivity contribution in [3.8, 4) is 0 Å². The van der Waals surface area contributed by atoms with Crippen molar-refractivity contribution in [1.29, 1.82) is 0 Å². The second-order valence-electron chi connectivity index (χ2n) is 2.58. The van der Waals surface area contributed by atoms with Crippen LogP contribution in [0.15, 0.2) is 12.2 Å². The first-order valence-electron chi connectivity index (χ1n) is 3.38. The highest BCUT2D eigenvalue weighted by molar-refractivity contribution is 4.97. The van der Waals surface area contributed by atoms with Crippen LogP contribution in [0.2, 0.25) is 0 Å². The Hall–Kier alpha value is -0.260. The molecule has 0 heterocycles. The summed E-state index contributed by atoms with van der Waals surface area (Å²) in [5.41, 5.74) is 0. The zero-order valence-electron chi connectivity index (χ0n) is 5.43. The molecule has 0 N–H and O–H groups in total. The highest BCUT2D eigenvalue weighted by Gasteiger charge is 2.00. The largest absolute Gasteiger partial charge is 0.0880 e. The van der Waals surface area contributed by atoms with Gasteiger partial charge in [-0.2, -0.15) is 0 Å². The van der Waals surface area contributed by atoms with Crippen LogP contribution in [-0.4, -0.2) is 0 Å². The van der Waals surface area contributed by atoms with Crippen LogP contribution in [0.3, 0.4) is 0 Å². The van der Waals surface area contributed by atoms with Gasteiger partial charge in [-0.3, -0.25) is 0 Å². The van der Waals surface area contributed by atoms with E-state index >= 15 is 0 Å². The molecular formula is C8H13. The molecule has 1 aliphatic carbocycles. The first kappa shape index (κ1) is 5.87. The molecule has 0 fully saturated rings. The molecule has 0 heteroatoms. The molecule has 0 aliphatic heterocycles. The van der Waals surface area contributed by atoms with Crippen LogP contribution in [0.4, 0.5) is 0 Å². The van der Waals surface area contributed by atoms with E-state index in [4.69, 9.17) is 0 Å². The fraction of sp³-hybridized carbons (Fsp3) is 0.625. The molecule has 1 unspecified atom stereocenters. The maximum absolute atomic E-state index is 2.31. The standard InChI is InChI=1S/C8H13/c1-8-6-4-2-3-5-7-8/h2-4,8H,5-7H2,1H3. The second kappa shape index (κ2) is 2.91. The van der Waals surface area contributed by atoms with Crippen LogP contribution in [0.1, 0.15) is 26.2 Å². The Labute approximate surface area is 51.6 Å². The van der Waals surface area contributed by atoms with Crippen LogP contribution < -0.4 is 0 Å². The van der Waals surface area contributed by atoms with E-state index in [1.807, 2.05) is 0 Å². The molecule has 0 aromatic heterocycles. The van der Waals surface area contributed by atoms with Crippen molar-refractivity contribution in [2.45, 2.75) is 26.2 Å². The summed E-state index contributed by atoms with van der Waals surface area (Å²) in [4.78, 5) is 0. The molecule has 0 aromatic carbocycles. The SMILES string of the molecule is CC1CC=C[CH]CC1. The Balaban J connectivity index is 2.30. The van der Waals surface area contributed by atoms with Gasteiger partial charge in [0.05, 0.1) is 0 Å². The van der Waals surface area contributed by atoms with E-state index in [1.165, 1.54) is 19.3 Å². The minimum absolute atomic E-state index is 0.907. The van der Waals surface area contributed by atoms with E-state index in [9.17, 15) is 0 Å². The first-order chi connectivity index (χ1) is 3.89. The van der Waals surface area contributed by atoms with Gasteiger partial charge in [-0.05, 0) is 31.6 Å². The fourth-order valence-corrected chi connectivity index (χ4v) is 1.00. The van der Waals surface area contributed by atoms with Gasteiger partial charge >= 0.3 is 0 Å². The minimum atomic E-state index is 0.907. The van der Waals surface area contributed by atoms with Crippen LogP contribution >= 0.6 is 0 Å². The van der Waals surface area contributed by atoms with Crippen molar-refractivity contribution < 1.29 is 0 Å². The maximum Gasteiger partial charge on any atom is -0.0170 e. The molecule has 1 radical (unpaired) electrons. The van der Waals surface area contributed by atoms with Crippen LogP contribution in [-0.2, 0) is 0 Å². The van der Waals surface area contributed by atoms with Gasteiger partial charge in [0, 0.05) is 0 Å². The summed E-state index contributed by atoms with van der Waals surface area (Å²) in [5, 5.41) is 0. The molecule has 1 aliphatic rings. The lowest BCUT2D eigenvalue weighted by molar-refractivity contribution is 0.549. The molecule has 0 saturated heterocycles. The lowest BCUT2D eigenvalue weighted by Gasteiger charge is -2.01. The molecule has 0 aromatic rings. The zero-order valence-corrected chi connectivity index (χ0v) is 5.43. The summed E-state index contributed by atoms with van der Waals surface area (Å²) in [6.07, 6.45) is 10.6. The summed E-state index contributed by atoms with van der Waals surface area (Å²) in [7, 11) is 0. The van der Waals surface area contributed by atoms with Crippen molar-refractivity contribution in [2.75, 3.05) is 0 Å². The zero-order chi connectivity index (χ0) is 5.82. The van der Waals surface area contributed by atoms with E-state index in [0.717, 1.165) is 5.92 Å². The summed E-state index contributed by atoms with van der Waals surface area (Å²) >= 11 is 0. The average molecular weight is 109 g/mol. The molecule has 8 heavy (non-hydrogen) atoms. The van der Waals surface area contributed by atoms with Gasteiger partial charge in [0.25, 0.3) is 0 Å². The first-order valence-corrected chi connectivity index (χ1v) is 3.38. The normalized spacial score (nSPS) is 29.9. The van der Waals surface area contributed by atoms with E-state index < -0.39 is 0 Å².